The monoisotopic (exact) mass is 408 g/mol. The van der Waals surface area contributed by atoms with Crippen LogP contribution in [0.25, 0.3) is 0 Å². The van der Waals surface area contributed by atoms with E-state index >= 15 is 0 Å². The second kappa shape index (κ2) is 8.19. The molecular formula is C16H14Cl2N6O3. The first-order chi connectivity index (χ1) is 12.9. The molecule has 0 unspecified atom stereocenters. The van der Waals surface area contributed by atoms with E-state index in [0.29, 0.717) is 16.6 Å². The van der Waals surface area contributed by atoms with Gasteiger partial charge in [-0.1, -0.05) is 29.3 Å². The van der Waals surface area contributed by atoms with Crippen LogP contribution in [0.4, 0.5) is 5.95 Å². The number of hydrogen-bond acceptors (Lipinski definition) is 5. The molecular weight excluding hydrogens is 395 g/mol. The quantitative estimate of drug-likeness (QED) is 0.620. The van der Waals surface area contributed by atoms with Crippen LogP contribution in [0.15, 0.2) is 36.8 Å². The van der Waals surface area contributed by atoms with Crippen molar-refractivity contribution in [1.29, 1.82) is 0 Å². The molecule has 0 radical (unpaired) electrons. The number of nitrogens with one attached hydrogen (secondary N) is 1. The Balaban J connectivity index is 1.60. The third-order valence-corrected chi connectivity index (χ3v) is 4.26. The summed E-state index contributed by atoms with van der Waals surface area (Å²) in [4.78, 5) is 26.8. The van der Waals surface area contributed by atoms with Crippen LogP contribution in [-0.2, 0) is 17.9 Å². The molecule has 140 valence electrons. The van der Waals surface area contributed by atoms with Crippen molar-refractivity contribution in [2.75, 3.05) is 5.32 Å². The van der Waals surface area contributed by atoms with Gasteiger partial charge in [0.05, 0.1) is 29.6 Å². The van der Waals surface area contributed by atoms with Crippen molar-refractivity contribution in [1.82, 2.24) is 24.5 Å². The highest BCUT2D eigenvalue weighted by Gasteiger charge is 2.13. The highest BCUT2D eigenvalue weighted by Crippen LogP contribution is 2.22. The van der Waals surface area contributed by atoms with Gasteiger partial charge in [-0.3, -0.25) is 19.6 Å². The number of carboxylic acids is 1. The molecule has 2 heterocycles. The molecule has 0 aliphatic carbocycles. The van der Waals surface area contributed by atoms with E-state index in [2.05, 4.69) is 20.5 Å². The largest absolute Gasteiger partial charge is 0.481 e. The fourth-order valence-electron chi connectivity index (χ4n) is 2.24. The fraction of sp³-hybridized carbons (Fsp3) is 0.188. The molecule has 1 amide bonds. The van der Waals surface area contributed by atoms with Gasteiger partial charge in [-0.2, -0.15) is 5.10 Å². The predicted molar refractivity (Wildman–Crippen MR) is 98.0 cm³/mol. The lowest BCUT2D eigenvalue weighted by atomic mass is 10.2. The molecule has 2 N–H and O–H groups in total. The number of benzene rings is 1. The van der Waals surface area contributed by atoms with Gasteiger partial charge in [-0.05, 0) is 23.8 Å². The molecule has 11 heteroatoms. The maximum absolute atomic E-state index is 12.2. The number of halogens is 2. The summed E-state index contributed by atoms with van der Waals surface area (Å²) in [6.07, 6.45) is 2.93. The summed E-state index contributed by atoms with van der Waals surface area (Å²) in [5.74, 6) is -1.30. The molecule has 0 fully saturated rings. The maximum Gasteiger partial charge on any atom is 0.305 e. The number of nitrogens with zero attached hydrogens (tertiary/aromatic N) is 5. The van der Waals surface area contributed by atoms with E-state index in [1.54, 1.807) is 16.8 Å². The third kappa shape index (κ3) is 5.05. The molecule has 1 aromatic carbocycles. The van der Waals surface area contributed by atoms with Crippen LogP contribution in [0.1, 0.15) is 22.5 Å². The van der Waals surface area contributed by atoms with E-state index < -0.39 is 11.9 Å². The molecule has 3 rings (SSSR count). The van der Waals surface area contributed by atoms with Crippen LogP contribution >= 0.6 is 23.2 Å². The number of hydrogen-bond donors (Lipinski definition) is 2. The Bertz CT molecular complexity index is 984. The Morgan fingerprint density at radius 2 is 1.93 bits per heavy atom. The highest BCUT2D eigenvalue weighted by atomic mass is 35.5. The molecule has 0 spiro atoms. The SMILES string of the molecule is O=C(O)CCn1ccc(C(=O)Nc2ncn(Cc3ccc(Cl)c(Cl)c3)n2)n1. The summed E-state index contributed by atoms with van der Waals surface area (Å²) in [5, 5.41) is 20.3. The van der Waals surface area contributed by atoms with Gasteiger partial charge in [0.25, 0.3) is 5.91 Å². The number of aromatic nitrogens is 5. The lowest BCUT2D eigenvalue weighted by molar-refractivity contribution is -0.137. The van der Waals surface area contributed by atoms with Crippen LogP contribution in [0.2, 0.25) is 10.0 Å². The van der Waals surface area contributed by atoms with Crippen LogP contribution < -0.4 is 5.32 Å². The fourth-order valence-corrected chi connectivity index (χ4v) is 2.56. The van der Waals surface area contributed by atoms with E-state index in [0.717, 1.165) is 5.56 Å². The summed E-state index contributed by atoms with van der Waals surface area (Å²) in [7, 11) is 0. The Morgan fingerprint density at radius 3 is 2.67 bits per heavy atom. The standard InChI is InChI=1S/C16H14Cl2N6O3/c17-11-2-1-10(7-12(11)18)8-24-9-19-16(22-24)20-15(27)13-3-5-23(21-13)6-4-14(25)26/h1-3,5,7,9H,4,6,8H2,(H,25,26)(H,20,22,27). The zero-order valence-electron chi connectivity index (χ0n) is 13.8. The zero-order valence-corrected chi connectivity index (χ0v) is 15.4. The van der Waals surface area contributed by atoms with Gasteiger partial charge in [0.1, 0.15) is 6.33 Å². The van der Waals surface area contributed by atoms with Crippen LogP contribution in [0.3, 0.4) is 0 Å². The van der Waals surface area contributed by atoms with Gasteiger partial charge in [-0.15, -0.1) is 5.10 Å². The van der Waals surface area contributed by atoms with Crippen molar-refractivity contribution in [3.63, 3.8) is 0 Å². The van der Waals surface area contributed by atoms with Crippen molar-refractivity contribution >= 4 is 41.0 Å². The van der Waals surface area contributed by atoms with Gasteiger partial charge in [0, 0.05) is 6.20 Å². The Hall–Kier alpha value is -2.91. The molecule has 3 aromatic rings. The number of carbonyl (C=O) groups excluding carboxylic acids is 1. The normalized spacial score (nSPS) is 10.7. The average molecular weight is 409 g/mol. The van der Waals surface area contributed by atoms with Crippen molar-refractivity contribution in [3.8, 4) is 0 Å². The Kier molecular flexibility index (Phi) is 5.72. The van der Waals surface area contributed by atoms with Gasteiger partial charge in [0.2, 0.25) is 5.95 Å². The number of anilines is 1. The average Bonchev–Trinajstić information content (AvgIpc) is 3.26. The predicted octanol–water partition coefficient (Wildman–Crippen LogP) is 2.56. The second-order valence-electron chi connectivity index (χ2n) is 5.58. The van der Waals surface area contributed by atoms with E-state index in [-0.39, 0.29) is 24.6 Å². The minimum Gasteiger partial charge on any atom is -0.481 e. The first-order valence-electron chi connectivity index (χ1n) is 7.80. The second-order valence-corrected chi connectivity index (χ2v) is 6.39. The van der Waals surface area contributed by atoms with Gasteiger partial charge < -0.3 is 5.11 Å². The molecule has 0 bridgehead atoms. The van der Waals surface area contributed by atoms with Crippen molar-refractivity contribution in [3.05, 3.63) is 58.1 Å². The number of carboxylic acid groups (broad SMARTS) is 1. The van der Waals surface area contributed by atoms with E-state index in [1.165, 1.54) is 23.3 Å². The van der Waals surface area contributed by atoms with Crippen molar-refractivity contribution in [2.45, 2.75) is 19.5 Å². The summed E-state index contributed by atoms with van der Waals surface area (Å²) >= 11 is 11.9. The molecule has 0 saturated carbocycles. The summed E-state index contributed by atoms with van der Waals surface area (Å²) in [5.41, 5.74) is 1.02. The molecule has 0 atom stereocenters. The minimum absolute atomic E-state index is 0.0799. The van der Waals surface area contributed by atoms with Crippen molar-refractivity contribution in [2.24, 2.45) is 0 Å². The third-order valence-electron chi connectivity index (χ3n) is 3.52. The topological polar surface area (TPSA) is 115 Å². The first kappa shape index (κ1) is 18.9. The smallest absolute Gasteiger partial charge is 0.305 e. The molecule has 0 saturated heterocycles. The summed E-state index contributed by atoms with van der Waals surface area (Å²) < 4.78 is 2.93. The lowest BCUT2D eigenvalue weighted by Crippen LogP contribution is -2.15. The van der Waals surface area contributed by atoms with E-state index in [4.69, 9.17) is 28.3 Å². The molecule has 27 heavy (non-hydrogen) atoms. The van der Waals surface area contributed by atoms with E-state index in [1.807, 2.05) is 6.07 Å². The van der Waals surface area contributed by atoms with Gasteiger partial charge in [0.15, 0.2) is 5.69 Å². The maximum atomic E-state index is 12.2. The molecule has 2 aromatic heterocycles. The number of aliphatic carboxylic acids is 1. The Morgan fingerprint density at radius 1 is 1.11 bits per heavy atom. The van der Waals surface area contributed by atoms with Crippen LogP contribution in [0.5, 0.6) is 0 Å². The number of aryl methyl sites for hydroxylation is 1. The van der Waals surface area contributed by atoms with Crippen LogP contribution in [-0.4, -0.2) is 41.5 Å². The highest BCUT2D eigenvalue weighted by molar-refractivity contribution is 6.42. The van der Waals surface area contributed by atoms with Crippen LogP contribution in [0, 0.1) is 0 Å². The zero-order chi connectivity index (χ0) is 19.4. The first-order valence-corrected chi connectivity index (χ1v) is 8.56. The van der Waals surface area contributed by atoms with Gasteiger partial charge >= 0.3 is 5.97 Å². The number of rotatable bonds is 7. The Labute approximate surface area is 163 Å². The summed E-state index contributed by atoms with van der Waals surface area (Å²) in [6, 6.07) is 6.73. The number of carbonyl (C=O) groups is 2. The lowest BCUT2D eigenvalue weighted by Gasteiger charge is -2.03. The molecule has 0 aliphatic rings. The minimum atomic E-state index is -0.937. The summed E-state index contributed by atoms with van der Waals surface area (Å²) in [6.45, 7) is 0.586. The molecule has 9 nitrogen and oxygen atoms in total. The number of amides is 1. The van der Waals surface area contributed by atoms with E-state index in [9.17, 15) is 9.59 Å². The molecule has 0 aliphatic heterocycles. The van der Waals surface area contributed by atoms with Gasteiger partial charge in [-0.25, -0.2) is 9.67 Å². The van der Waals surface area contributed by atoms with Crippen molar-refractivity contribution < 1.29 is 14.7 Å².